The molecular formula is C39H38ClN8O6+. The van der Waals surface area contributed by atoms with Crippen LogP contribution in [0, 0.1) is 10.1 Å². The monoisotopic (exact) mass is 749 g/mol. The summed E-state index contributed by atoms with van der Waals surface area (Å²) in [4.78, 5) is 55.7. The number of quaternary nitrogens is 1. The number of likely N-dealkylation sites (N-methyl/N-ethyl adjacent to an activating group) is 1. The lowest BCUT2D eigenvalue weighted by molar-refractivity contribution is -0.880. The Kier molecular flexibility index (Phi) is 11.2. The Balaban J connectivity index is 1.29. The Hall–Kier alpha value is -6.25. The molecule has 54 heavy (non-hydrogen) atoms. The number of rotatable bonds is 15. The molecule has 0 spiro atoms. The number of hydrogen-bond acceptors (Lipinski definition) is 11. The maximum atomic E-state index is 14.5. The van der Waals surface area contributed by atoms with E-state index in [1.165, 1.54) is 14.2 Å². The van der Waals surface area contributed by atoms with Gasteiger partial charge in [0.15, 0.2) is 5.78 Å². The van der Waals surface area contributed by atoms with Gasteiger partial charge in [0.05, 0.1) is 63.9 Å². The molecule has 0 saturated heterocycles. The summed E-state index contributed by atoms with van der Waals surface area (Å²) in [6.45, 7) is 1.06. The van der Waals surface area contributed by atoms with E-state index in [2.05, 4.69) is 20.3 Å². The number of nitro groups is 1. The Labute approximate surface area is 315 Å². The number of aromatic nitrogens is 4. The maximum Gasteiger partial charge on any atom is 0.368 e. The van der Waals surface area contributed by atoms with Gasteiger partial charge in [-0.3, -0.25) is 19.1 Å². The number of nitrogens with zero attached hydrogens (tertiary/aromatic N) is 7. The molecule has 6 rings (SSSR count). The molecule has 0 atom stereocenters. The molecule has 2 aromatic carbocycles. The minimum Gasteiger partial charge on any atom is -0.497 e. The molecular weight excluding hydrogens is 712 g/mol. The second-order valence-corrected chi connectivity index (χ2v) is 13.7. The summed E-state index contributed by atoms with van der Waals surface area (Å²) < 4.78 is 12.9. The van der Waals surface area contributed by atoms with Crippen molar-refractivity contribution in [2.45, 2.75) is 19.4 Å². The van der Waals surface area contributed by atoms with Crippen LogP contribution in [-0.2, 0) is 17.8 Å². The van der Waals surface area contributed by atoms with E-state index in [0.29, 0.717) is 68.9 Å². The highest BCUT2D eigenvalue weighted by atomic mass is 35.5. The minimum atomic E-state index is -0.457. The van der Waals surface area contributed by atoms with Crippen molar-refractivity contribution in [1.29, 1.82) is 0 Å². The van der Waals surface area contributed by atoms with Crippen molar-refractivity contribution in [2.75, 3.05) is 46.7 Å². The zero-order chi connectivity index (χ0) is 38.4. The van der Waals surface area contributed by atoms with Gasteiger partial charge in [0.2, 0.25) is 5.95 Å². The molecule has 0 bridgehead atoms. The Morgan fingerprint density at radius 1 is 1.07 bits per heavy atom. The number of pyridine rings is 2. The molecule has 4 heterocycles. The molecule has 1 aliphatic heterocycles. The Morgan fingerprint density at radius 2 is 1.89 bits per heavy atom. The number of allylic oxidation sites excluding steroid dienone is 1. The van der Waals surface area contributed by atoms with Gasteiger partial charge in [-0.1, -0.05) is 40.9 Å². The van der Waals surface area contributed by atoms with E-state index in [1.807, 2.05) is 44.4 Å². The fraction of sp³-hybridized carbons (Fsp3) is 0.231. The van der Waals surface area contributed by atoms with Crippen LogP contribution in [0.25, 0.3) is 22.2 Å². The summed E-state index contributed by atoms with van der Waals surface area (Å²) in [5, 5.41) is 15.3. The molecule has 15 heteroatoms. The summed E-state index contributed by atoms with van der Waals surface area (Å²) >= 11 is 6.76. The van der Waals surface area contributed by atoms with Crippen LogP contribution in [0.4, 0.5) is 11.6 Å². The number of carbonyl (C=O) groups excluding carboxylic acids is 1. The quantitative estimate of drug-likeness (QED) is 0.0579. The average Bonchev–Trinajstić information content (AvgIpc) is 3.61. The molecule has 0 unspecified atom stereocenters. The fourth-order valence-corrected chi connectivity index (χ4v) is 6.52. The first-order valence-electron chi connectivity index (χ1n) is 16.9. The summed E-state index contributed by atoms with van der Waals surface area (Å²) in [5.41, 5.74) is 3.62. The molecule has 0 fully saturated rings. The lowest BCUT2D eigenvalue weighted by Crippen LogP contribution is -2.41. The fourth-order valence-electron chi connectivity index (χ4n) is 6.23. The van der Waals surface area contributed by atoms with Gasteiger partial charge in [-0.25, -0.2) is 4.98 Å². The number of ketones is 1. The molecule has 0 saturated carbocycles. The number of methoxy groups -OCH3 is 2. The van der Waals surface area contributed by atoms with Gasteiger partial charge in [0.1, 0.15) is 29.9 Å². The van der Waals surface area contributed by atoms with Crippen molar-refractivity contribution < 1.29 is 23.7 Å². The van der Waals surface area contributed by atoms with E-state index in [1.54, 1.807) is 65.8 Å². The summed E-state index contributed by atoms with van der Waals surface area (Å²) in [6, 6.07) is 16.1. The van der Waals surface area contributed by atoms with Crippen molar-refractivity contribution in [3.8, 4) is 22.6 Å². The van der Waals surface area contributed by atoms with E-state index in [4.69, 9.17) is 26.1 Å². The van der Waals surface area contributed by atoms with Crippen molar-refractivity contribution >= 4 is 46.3 Å². The number of carbonyl (C=O) groups is 1. The Morgan fingerprint density at radius 3 is 2.63 bits per heavy atom. The number of nitrogens with one attached hydrogen (secondary N) is 1. The summed E-state index contributed by atoms with van der Waals surface area (Å²) in [6.07, 6.45) is 10.4. The van der Waals surface area contributed by atoms with Crippen LogP contribution >= 0.6 is 11.6 Å². The lowest BCUT2D eigenvalue weighted by Gasteiger charge is -2.28. The van der Waals surface area contributed by atoms with Gasteiger partial charge in [-0.05, 0) is 52.5 Å². The van der Waals surface area contributed by atoms with Crippen LogP contribution in [-0.4, -0.2) is 82.3 Å². The number of fused-ring (bicyclic) bond motifs is 1. The van der Waals surface area contributed by atoms with Crippen molar-refractivity contribution in [3.63, 3.8) is 0 Å². The SMILES string of the molecule is COc1cc(OC)c(Cl)c(-c2cc3cnc(Nc4cccnc4)nc3n(Cc3cccc(CC(=O)/C=C/C[N+](C)(C)CC4=C([N+](=O)[O-])N=CC4)c3)c2=O)c1. The molecule has 0 amide bonds. The number of hydrogen-bond donors (Lipinski definition) is 1. The van der Waals surface area contributed by atoms with Crippen LogP contribution in [0.15, 0.2) is 107 Å². The third-order valence-corrected chi connectivity index (χ3v) is 9.17. The highest BCUT2D eigenvalue weighted by molar-refractivity contribution is 6.35. The van der Waals surface area contributed by atoms with Crippen LogP contribution in [0.5, 0.6) is 11.5 Å². The molecule has 276 valence electrons. The van der Waals surface area contributed by atoms with Crippen LogP contribution in [0.1, 0.15) is 17.5 Å². The first-order chi connectivity index (χ1) is 25.9. The Bertz CT molecular complexity index is 2390. The predicted molar refractivity (Wildman–Crippen MR) is 207 cm³/mol. The van der Waals surface area contributed by atoms with Gasteiger partial charge < -0.3 is 29.4 Å². The van der Waals surface area contributed by atoms with Crippen LogP contribution in [0.2, 0.25) is 5.02 Å². The van der Waals surface area contributed by atoms with Crippen molar-refractivity contribution in [3.05, 3.63) is 133 Å². The predicted octanol–water partition coefficient (Wildman–Crippen LogP) is 6.02. The van der Waals surface area contributed by atoms with E-state index in [0.717, 1.165) is 11.1 Å². The van der Waals surface area contributed by atoms with E-state index in [-0.39, 0.29) is 41.1 Å². The first-order valence-corrected chi connectivity index (χ1v) is 17.3. The molecule has 0 aliphatic carbocycles. The van der Waals surface area contributed by atoms with E-state index < -0.39 is 4.92 Å². The van der Waals surface area contributed by atoms with Crippen molar-refractivity contribution in [2.24, 2.45) is 4.99 Å². The van der Waals surface area contributed by atoms with Gasteiger partial charge in [0.25, 0.3) is 5.56 Å². The average molecular weight is 750 g/mol. The molecule has 5 aromatic rings. The third kappa shape index (κ3) is 8.68. The van der Waals surface area contributed by atoms with Gasteiger partial charge in [-0.2, -0.15) is 4.98 Å². The molecule has 0 radical (unpaired) electrons. The van der Waals surface area contributed by atoms with Gasteiger partial charge in [0, 0.05) is 47.8 Å². The van der Waals surface area contributed by atoms with E-state index in [9.17, 15) is 19.7 Å². The highest BCUT2D eigenvalue weighted by Gasteiger charge is 2.28. The topological polar surface area (TPSA) is 164 Å². The summed E-state index contributed by atoms with van der Waals surface area (Å²) in [7, 11) is 6.90. The normalized spacial score (nSPS) is 12.8. The molecule has 14 nitrogen and oxygen atoms in total. The van der Waals surface area contributed by atoms with E-state index >= 15 is 0 Å². The number of halogens is 1. The highest BCUT2D eigenvalue weighted by Crippen LogP contribution is 2.38. The molecule has 1 N–H and O–H groups in total. The number of aliphatic imine (C=N–C) groups is 1. The van der Waals surface area contributed by atoms with Gasteiger partial charge >= 0.3 is 5.82 Å². The largest absolute Gasteiger partial charge is 0.497 e. The van der Waals surface area contributed by atoms with Crippen LogP contribution in [0.3, 0.4) is 0 Å². The first kappa shape index (κ1) is 37.5. The van der Waals surface area contributed by atoms with Crippen molar-refractivity contribution in [1.82, 2.24) is 19.5 Å². The zero-order valence-corrected chi connectivity index (χ0v) is 30.9. The molecule has 1 aliphatic rings. The standard InChI is InChI=1S/C39H37ClN8O6/c1-48(2,24-27-12-14-42-36(27)47(51)52)15-7-11-30(49)17-25-8-5-9-26(16-25)23-46-37-28(21-43-39(45-37)44-29-10-6-13-41-22-29)18-33(38(46)50)32-19-31(53-3)20-34(54-4)35(32)40/h5-11,13-14,16,18-22H,12,15,17,23-24H2,1-4H3/p+1/b11-7+. The zero-order valence-electron chi connectivity index (χ0n) is 30.2. The van der Waals surface area contributed by atoms with Gasteiger partial charge in [-0.15, -0.1) is 0 Å². The smallest absolute Gasteiger partial charge is 0.368 e. The number of ether oxygens (including phenoxy) is 2. The molecule has 3 aromatic heterocycles. The second kappa shape index (κ2) is 16.2. The third-order valence-electron chi connectivity index (χ3n) is 8.78. The lowest BCUT2D eigenvalue weighted by atomic mass is 10.0. The maximum absolute atomic E-state index is 14.5. The number of anilines is 2. The minimum absolute atomic E-state index is 0.0956. The summed E-state index contributed by atoms with van der Waals surface area (Å²) in [5.74, 6) is 0.886. The number of benzene rings is 2. The second-order valence-electron chi connectivity index (χ2n) is 13.3. The van der Waals surface area contributed by atoms with Crippen LogP contribution < -0.4 is 20.3 Å².